The molecule has 330 valence electrons. The fourth-order valence-electron chi connectivity index (χ4n) is 10.8. The fraction of sp³-hybridized carbons (Fsp3) is 0.0968. The Morgan fingerprint density at radius 3 is 1.74 bits per heavy atom. The first-order valence-corrected chi connectivity index (χ1v) is 23.9. The standard InChI is InChI=1S/C62H45N5O2/c1-37(2)38(3)30-39-14-12-15-40(31-39)43-34-51-47-19-7-11-25-58(47)68-62(51)57(35-43)67-63-36-60(64-67)66-54-23-10-6-18-46(54)49-32-41(26-28-55(49)66)42-27-29-59-50(33-42)48-20-13-24-56(61(48)69-59)65-52-21-8-4-16-44(52)45-17-5-9-22-53(45)65/h4-29,31-38H,30H2,1-3H3. The highest BCUT2D eigenvalue weighted by molar-refractivity contribution is 6.14. The van der Waals surface area contributed by atoms with Crippen molar-refractivity contribution in [1.82, 2.24) is 24.1 Å². The van der Waals surface area contributed by atoms with Crippen molar-refractivity contribution in [3.63, 3.8) is 0 Å². The molecule has 0 aliphatic heterocycles. The van der Waals surface area contributed by atoms with Crippen LogP contribution in [0.5, 0.6) is 0 Å². The summed E-state index contributed by atoms with van der Waals surface area (Å²) >= 11 is 0. The minimum atomic E-state index is 0.580. The Hall–Kier alpha value is -8.68. The van der Waals surface area contributed by atoms with Gasteiger partial charge in [-0.15, -0.1) is 9.90 Å². The van der Waals surface area contributed by atoms with Crippen LogP contribution in [0.25, 0.3) is 127 Å². The van der Waals surface area contributed by atoms with Gasteiger partial charge in [0.05, 0.1) is 34.0 Å². The molecule has 5 aromatic heterocycles. The third-order valence-electron chi connectivity index (χ3n) is 14.6. The number of aromatic nitrogens is 5. The van der Waals surface area contributed by atoms with Crippen molar-refractivity contribution in [3.05, 3.63) is 200 Å². The minimum absolute atomic E-state index is 0.580. The highest BCUT2D eigenvalue weighted by atomic mass is 16.3. The number of fused-ring (bicyclic) bond motifs is 12. The molecule has 0 spiro atoms. The molecule has 0 fully saturated rings. The molecule has 14 aromatic rings. The number of benzene rings is 9. The summed E-state index contributed by atoms with van der Waals surface area (Å²) in [5, 5.41) is 19.2. The topological polar surface area (TPSA) is 66.8 Å². The molecule has 5 heterocycles. The van der Waals surface area contributed by atoms with Crippen molar-refractivity contribution in [3.8, 4) is 39.4 Å². The predicted molar refractivity (Wildman–Crippen MR) is 283 cm³/mol. The van der Waals surface area contributed by atoms with Gasteiger partial charge in [0.15, 0.2) is 17.0 Å². The highest BCUT2D eigenvalue weighted by Gasteiger charge is 2.22. The average Bonchev–Trinajstić information content (AvgIpc) is 4.23. The van der Waals surface area contributed by atoms with Gasteiger partial charge in [0.1, 0.15) is 16.9 Å². The number of para-hydroxylation sites is 5. The van der Waals surface area contributed by atoms with E-state index in [2.05, 4.69) is 206 Å². The number of hydrogen-bond acceptors (Lipinski definition) is 4. The van der Waals surface area contributed by atoms with Gasteiger partial charge < -0.3 is 13.4 Å². The zero-order valence-electron chi connectivity index (χ0n) is 38.4. The van der Waals surface area contributed by atoms with Crippen LogP contribution in [0, 0.1) is 11.8 Å². The van der Waals surface area contributed by atoms with Gasteiger partial charge in [-0.05, 0) is 113 Å². The van der Waals surface area contributed by atoms with Crippen LogP contribution in [0.3, 0.4) is 0 Å². The van der Waals surface area contributed by atoms with Crippen molar-refractivity contribution < 1.29 is 8.83 Å². The number of nitrogens with zero attached hydrogens (tertiary/aromatic N) is 5. The van der Waals surface area contributed by atoms with Crippen LogP contribution in [0.15, 0.2) is 203 Å². The Kier molecular flexibility index (Phi) is 8.68. The summed E-state index contributed by atoms with van der Waals surface area (Å²) < 4.78 is 17.9. The number of hydrogen-bond donors (Lipinski definition) is 0. The zero-order chi connectivity index (χ0) is 45.9. The molecule has 9 aromatic carbocycles. The first-order chi connectivity index (χ1) is 33.9. The molecule has 0 amide bonds. The lowest BCUT2D eigenvalue weighted by Crippen LogP contribution is -2.07. The van der Waals surface area contributed by atoms with Crippen molar-refractivity contribution in [2.45, 2.75) is 27.2 Å². The van der Waals surface area contributed by atoms with E-state index in [0.29, 0.717) is 11.8 Å². The smallest absolute Gasteiger partial charge is 0.180 e. The molecular formula is C62H45N5O2. The van der Waals surface area contributed by atoms with Gasteiger partial charge in [0.25, 0.3) is 0 Å². The molecule has 0 saturated heterocycles. The van der Waals surface area contributed by atoms with Crippen molar-refractivity contribution in [1.29, 1.82) is 0 Å². The SMILES string of the molecule is CC(C)C(C)Cc1cccc(-c2cc(-n3ncc(-n4c5ccccc5c5cc(-c6ccc7oc8c(-n9c%10ccccc%10c%10ccccc%109)cccc8c7c6)ccc54)n3)c3oc4ccccc4c3c2)c1. The van der Waals surface area contributed by atoms with E-state index in [1.54, 1.807) is 4.80 Å². The van der Waals surface area contributed by atoms with Gasteiger partial charge in [0.2, 0.25) is 0 Å². The Balaban J connectivity index is 0.874. The molecule has 0 aliphatic carbocycles. The largest absolute Gasteiger partial charge is 0.454 e. The zero-order valence-corrected chi connectivity index (χ0v) is 38.4. The monoisotopic (exact) mass is 891 g/mol. The fourth-order valence-corrected chi connectivity index (χ4v) is 10.8. The van der Waals surface area contributed by atoms with Gasteiger partial charge in [-0.25, -0.2) is 0 Å². The summed E-state index contributed by atoms with van der Waals surface area (Å²) in [6.07, 6.45) is 2.89. The van der Waals surface area contributed by atoms with E-state index in [1.165, 1.54) is 16.3 Å². The second kappa shape index (κ2) is 15.2. The molecule has 7 nitrogen and oxygen atoms in total. The summed E-state index contributed by atoms with van der Waals surface area (Å²) in [6.45, 7) is 6.93. The van der Waals surface area contributed by atoms with Gasteiger partial charge in [-0.2, -0.15) is 5.10 Å². The summed E-state index contributed by atoms with van der Waals surface area (Å²) in [6, 6.07) is 67.2. The quantitative estimate of drug-likeness (QED) is 0.152. The lowest BCUT2D eigenvalue weighted by molar-refractivity contribution is 0.417. The third kappa shape index (κ3) is 6.13. The maximum atomic E-state index is 6.76. The summed E-state index contributed by atoms with van der Waals surface area (Å²) in [7, 11) is 0. The summed E-state index contributed by atoms with van der Waals surface area (Å²) in [5.74, 6) is 1.91. The molecule has 1 atom stereocenters. The maximum absolute atomic E-state index is 6.76. The Morgan fingerprint density at radius 1 is 0.420 bits per heavy atom. The second-order valence-corrected chi connectivity index (χ2v) is 19.0. The summed E-state index contributed by atoms with van der Waals surface area (Å²) in [5.41, 5.74) is 15.4. The molecule has 69 heavy (non-hydrogen) atoms. The average molecular weight is 892 g/mol. The van der Waals surface area contributed by atoms with Crippen LogP contribution < -0.4 is 0 Å². The molecule has 7 heteroatoms. The third-order valence-corrected chi connectivity index (χ3v) is 14.6. The number of rotatable bonds is 8. The van der Waals surface area contributed by atoms with E-state index in [0.717, 1.165) is 123 Å². The summed E-state index contributed by atoms with van der Waals surface area (Å²) in [4.78, 5) is 1.74. The molecule has 1 unspecified atom stereocenters. The van der Waals surface area contributed by atoms with E-state index in [-0.39, 0.29) is 0 Å². The molecule has 0 N–H and O–H groups in total. The second-order valence-electron chi connectivity index (χ2n) is 19.0. The molecule has 0 aliphatic rings. The lowest BCUT2D eigenvalue weighted by Gasteiger charge is -2.16. The van der Waals surface area contributed by atoms with Crippen LogP contribution in [0.1, 0.15) is 26.3 Å². The van der Waals surface area contributed by atoms with Gasteiger partial charge in [-0.1, -0.05) is 142 Å². The van der Waals surface area contributed by atoms with E-state index in [9.17, 15) is 0 Å². The molecule has 0 bridgehead atoms. The van der Waals surface area contributed by atoms with Crippen molar-refractivity contribution in [2.75, 3.05) is 0 Å². The normalized spacial score (nSPS) is 12.7. The molecular weight excluding hydrogens is 847 g/mol. The first-order valence-electron chi connectivity index (χ1n) is 23.9. The van der Waals surface area contributed by atoms with Crippen molar-refractivity contribution >= 4 is 87.5 Å². The van der Waals surface area contributed by atoms with E-state index < -0.39 is 0 Å². The van der Waals surface area contributed by atoms with Gasteiger partial charge >= 0.3 is 0 Å². The lowest BCUT2D eigenvalue weighted by atomic mass is 9.90. The molecule has 0 saturated carbocycles. The van der Waals surface area contributed by atoms with Gasteiger partial charge in [-0.3, -0.25) is 4.57 Å². The van der Waals surface area contributed by atoms with Crippen LogP contribution in [-0.4, -0.2) is 24.1 Å². The first kappa shape index (κ1) is 39.5. The number of furan rings is 2. The Labute approximate surface area is 397 Å². The van der Waals surface area contributed by atoms with Crippen LogP contribution in [-0.2, 0) is 6.42 Å². The molecule has 14 rings (SSSR count). The van der Waals surface area contributed by atoms with Crippen LogP contribution in [0.2, 0.25) is 0 Å². The highest BCUT2D eigenvalue weighted by Crippen LogP contribution is 2.42. The van der Waals surface area contributed by atoms with Gasteiger partial charge in [0, 0.05) is 43.1 Å². The van der Waals surface area contributed by atoms with E-state index >= 15 is 0 Å². The van der Waals surface area contributed by atoms with Crippen LogP contribution in [0.4, 0.5) is 0 Å². The Bertz CT molecular complexity index is 4310. The van der Waals surface area contributed by atoms with E-state index in [1.807, 2.05) is 18.3 Å². The van der Waals surface area contributed by atoms with Crippen molar-refractivity contribution in [2.24, 2.45) is 11.8 Å². The predicted octanol–water partition coefficient (Wildman–Crippen LogP) is 16.4. The van der Waals surface area contributed by atoms with E-state index in [4.69, 9.17) is 19.0 Å². The molecule has 0 radical (unpaired) electrons. The van der Waals surface area contributed by atoms with Crippen LogP contribution >= 0.6 is 0 Å². The minimum Gasteiger partial charge on any atom is -0.454 e. The maximum Gasteiger partial charge on any atom is 0.180 e. The Morgan fingerprint density at radius 2 is 0.986 bits per heavy atom.